The number of methoxy groups -OCH3 is 4. The zero-order valence-electron chi connectivity index (χ0n) is 20.2. The predicted octanol–water partition coefficient (Wildman–Crippen LogP) is 3.17. The quantitative estimate of drug-likeness (QED) is 0.240. The summed E-state index contributed by atoms with van der Waals surface area (Å²) >= 11 is 0. The second kappa shape index (κ2) is 12.7. The molecule has 0 aliphatic rings. The first-order valence-corrected chi connectivity index (χ1v) is 12.1. The van der Waals surface area contributed by atoms with Crippen LogP contribution in [0.5, 0.6) is 28.7 Å². The van der Waals surface area contributed by atoms with Gasteiger partial charge in [0.25, 0.3) is 0 Å². The van der Waals surface area contributed by atoms with E-state index >= 15 is 0 Å². The maximum Gasteiger partial charge on any atom is 0.322 e. The molecule has 0 aliphatic heterocycles. The normalized spacial score (nSPS) is 11.1. The molecular weight excluding hydrogens is 480 g/mol. The van der Waals surface area contributed by atoms with Gasteiger partial charge in [-0.15, -0.1) is 0 Å². The number of hydrogen-bond acceptors (Lipinski definition) is 10. The smallest absolute Gasteiger partial charge is 0.322 e. The van der Waals surface area contributed by atoms with Gasteiger partial charge >= 0.3 is 11.9 Å². The lowest BCUT2D eigenvalue weighted by molar-refractivity contribution is -0.149. The van der Waals surface area contributed by atoms with Crippen LogP contribution in [0.1, 0.15) is 24.5 Å². The van der Waals surface area contributed by atoms with Crippen LogP contribution in [-0.4, -0.2) is 55.4 Å². The molecule has 0 fully saturated rings. The van der Waals surface area contributed by atoms with Crippen molar-refractivity contribution in [3.63, 3.8) is 0 Å². The number of carbonyl (C=O) groups excluding carboxylic acids is 2. The predicted molar refractivity (Wildman–Crippen MR) is 128 cm³/mol. The van der Waals surface area contributed by atoms with Gasteiger partial charge in [0.15, 0.2) is 21.3 Å². The SMILES string of the molecule is CCOC(=O)CC(=O)Oc1cc(CS(=O)(=O)C=Cc2c(OC)cc(OC)cc2OC)ccc1OC. The highest BCUT2D eigenvalue weighted by Gasteiger charge is 2.18. The summed E-state index contributed by atoms with van der Waals surface area (Å²) in [7, 11) is 1.98. The number of carbonyl (C=O) groups is 2. The molecule has 0 saturated heterocycles. The van der Waals surface area contributed by atoms with Crippen molar-refractivity contribution in [1.29, 1.82) is 0 Å². The van der Waals surface area contributed by atoms with E-state index in [1.54, 1.807) is 19.1 Å². The average Bonchev–Trinajstić information content (AvgIpc) is 2.82. The van der Waals surface area contributed by atoms with E-state index in [9.17, 15) is 18.0 Å². The highest BCUT2D eigenvalue weighted by Crippen LogP contribution is 2.35. The summed E-state index contributed by atoms with van der Waals surface area (Å²) in [6, 6.07) is 7.57. The zero-order chi connectivity index (χ0) is 26.0. The van der Waals surface area contributed by atoms with Crippen molar-refractivity contribution in [1.82, 2.24) is 0 Å². The Morgan fingerprint density at radius 1 is 0.829 bits per heavy atom. The van der Waals surface area contributed by atoms with Gasteiger partial charge in [-0.1, -0.05) is 6.07 Å². The molecule has 0 radical (unpaired) electrons. The molecule has 2 aromatic rings. The Morgan fingerprint density at radius 3 is 2.00 bits per heavy atom. The molecule has 0 N–H and O–H groups in total. The topological polar surface area (TPSA) is 124 Å². The fourth-order valence-electron chi connectivity index (χ4n) is 3.03. The van der Waals surface area contributed by atoms with Crippen LogP contribution in [0.15, 0.2) is 35.7 Å². The molecule has 0 amide bonds. The molecule has 0 unspecified atom stereocenters. The van der Waals surface area contributed by atoms with E-state index in [0.29, 0.717) is 28.4 Å². The Morgan fingerprint density at radius 2 is 1.46 bits per heavy atom. The van der Waals surface area contributed by atoms with Crippen molar-refractivity contribution < 1.29 is 46.4 Å². The van der Waals surface area contributed by atoms with Crippen LogP contribution in [0, 0.1) is 0 Å². The van der Waals surface area contributed by atoms with Crippen LogP contribution < -0.4 is 23.7 Å². The fourth-order valence-corrected chi connectivity index (χ4v) is 4.11. The number of ether oxygens (including phenoxy) is 6. The van der Waals surface area contributed by atoms with Gasteiger partial charge in [-0.25, -0.2) is 8.42 Å². The number of sulfone groups is 1. The third kappa shape index (κ3) is 7.92. The lowest BCUT2D eigenvalue weighted by atomic mass is 10.1. The van der Waals surface area contributed by atoms with Gasteiger partial charge < -0.3 is 28.4 Å². The van der Waals surface area contributed by atoms with Crippen LogP contribution >= 0.6 is 0 Å². The Bertz CT molecular complexity index is 1160. The summed E-state index contributed by atoms with van der Waals surface area (Å²) in [5.74, 6) is -0.576. The van der Waals surface area contributed by atoms with Gasteiger partial charge in [0, 0.05) is 17.5 Å². The maximum absolute atomic E-state index is 12.8. The van der Waals surface area contributed by atoms with E-state index in [0.717, 1.165) is 5.41 Å². The van der Waals surface area contributed by atoms with E-state index in [1.165, 1.54) is 52.7 Å². The van der Waals surface area contributed by atoms with E-state index in [-0.39, 0.29) is 18.1 Å². The van der Waals surface area contributed by atoms with Crippen molar-refractivity contribution in [3.05, 3.63) is 46.9 Å². The summed E-state index contributed by atoms with van der Waals surface area (Å²) in [6.45, 7) is 1.75. The second-order valence-electron chi connectivity index (χ2n) is 7.00. The lowest BCUT2D eigenvalue weighted by Gasteiger charge is -2.12. The first-order chi connectivity index (χ1) is 16.7. The van der Waals surface area contributed by atoms with Crippen molar-refractivity contribution >= 4 is 27.9 Å². The molecule has 0 spiro atoms. The largest absolute Gasteiger partial charge is 0.496 e. The van der Waals surface area contributed by atoms with Gasteiger partial charge in [0.05, 0.1) is 46.4 Å². The second-order valence-corrected chi connectivity index (χ2v) is 8.88. The van der Waals surface area contributed by atoms with E-state index < -0.39 is 33.9 Å². The highest BCUT2D eigenvalue weighted by atomic mass is 32.2. The molecule has 0 atom stereocenters. The Balaban J connectivity index is 2.26. The third-order valence-electron chi connectivity index (χ3n) is 4.61. The molecular formula is C24H28O10S. The van der Waals surface area contributed by atoms with Crippen molar-refractivity contribution in [3.8, 4) is 28.7 Å². The molecule has 35 heavy (non-hydrogen) atoms. The van der Waals surface area contributed by atoms with E-state index in [1.807, 2.05) is 0 Å². The summed E-state index contributed by atoms with van der Waals surface area (Å²) in [5, 5.41) is 1.04. The average molecular weight is 509 g/mol. The minimum Gasteiger partial charge on any atom is -0.496 e. The van der Waals surface area contributed by atoms with Gasteiger partial charge in [0.2, 0.25) is 0 Å². The van der Waals surface area contributed by atoms with Gasteiger partial charge in [0.1, 0.15) is 23.7 Å². The van der Waals surface area contributed by atoms with Gasteiger partial charge in [-0.3, -0.25) is 9.59 Å². The molecule has 2 rings (SSSR count). The fraction of sp³-hybridized carbons (Fsp3) is 0.333. The number of esters is 2. The first-order valence-electron chi connectivity index (χ1n) is 10.4. The van der Waals surface area contributed by atoms with Crippen LogP contribution in [-0.2, 0) is 29.9 Å². The van der Waals surface area contributed by atoms with Crippen LogP contribution in [0.3, 0.4) is 0 Å². The molecule has 2 aromatic carbocycles. The third-order valence-corrected chi connectivity index (χ3v) is 5.90. The Hall–Kier alpha value is -3.73. The minimum atomic E-state index is -3.77. The minimum absolute atomic E-state index is 0.0167. The maximum atomic E-state index is 12.8. The van der Waals surface area contributed by atoms with E-state index in [2.05, 4.69) is 0 Å². The number of hydrogen-bond donors (Lipinski definition) is 0. The molecule has 11 heteroatoms. The van der Waals surface area contributed by atoms with Gasteiger partial charge in [-0.2, -0.15) is 0 Å². The molecule has 0 bridgehead atoms. The molecule has 0 aromatic heterocycles. The number of rotatable bonds is 12. The van der Waals surface area contributed by atoms with Crippen molar-refractivity contribution in [2.45, 2.75) is 19.1 Å². The van der Waals surface area contributed by atoms with Crippen LogP contribution in [0.25, 0.3) is 6.08 Å². The highest BCUT2D eigenvalue weighted by molar-refractivity contribution is 7.93. The van der Waals surface area contributed by atoms with Crippen molar-refractivity contribution in [2.75, 3.05) is 35.0 Å². The Kier molecular flexibility index (Phi) is 9.95. The standard InChI is InChI=1S/C24H28O10S/c1-6-33-23(25)14-24(26)34-22-11-16(7-8-19(22)30-3)15-35(27,28)10-9-18-20(31-4)12-17(29-2)13-21(18)32-5/h7-13H,6,14-15H2,1-5H3. The summed E-state index contributed by atoms with van der Waals surface area (Å²) in [4.78, 5) is 23.6. The molecule has 10 nitrogen and oxygen atoms in total. The monoisotopic (exact) mass is 508 g/mol. The lowest BCUT2D eigenvalue weighted by Crippen LogP contribution is -2.16. The summed E-state index contributed by atoms with van der Waals surface area (Å²) in [5.41, 5.74) is 0.755. The summed E-state index contributed by atoms with van der Waals surface area (Å²) in [6.07, 6.45) is 0.782. The zero-order valence-corrected chi connectivity index (χ0v) is 21.0. The number of benzene rings is 2. The molecule has 0 aliphatic carbocycles. The van der Waals surface area contributed by atoms with Crippen LogP contribution in [0.4, 0.5) is 0 Å². The van der Waals surface area contributed by atoms with Crippen LogP contribution in [0.2, 0.25) is 0 Å². The molecule has 0 heterocycles. The summed E-state index contributed by atoms with van der Waals surface area (Å²) < 4.78 is 56.6. The van der Waals surface area contributed by atoms with E-state index in [4.69, 9.17) is 28.4 Å². The van der Waals surface area contributed by atoms with Gasteiger partial charge in [-0.05, 0) is 30.7 Å². The van der Waals surface area contributed by atoms with Crippen molar-refractivity contribution in [2.24, 2.45) is 0 Å². The first kappa shape index (κ1) is 27.5. The Labute approximate surface area is 204 Å². The molecule has 0 saturated carbocycles. The molecule has 190 valence electrons.